The number of nitrogens with two attached hydrogens (primary N) is 1. The van der Waals surface area contributed by atoms with Crippen LogP contribution in [-0.4, -0.2) is 40.5 Å². The van der Waals surface area contributed by atoms with Gasteiger partial charge in [-0.05, 0) is 20.3 Å². The number of hydrogen-bond acceptors (Lipinski definition) is 3. The minimum absolute atomic E-state index is 0.347. The molecule has 3 N–H and O–H groups in total. The molecule has 0 aromatic carbocycles. The third kappa shape index (κ3) is 2.45. The first-order valence-electron chi connectivity index (χ1n) is 4.51. The quantitative estimate of drug-likeness (QED) is 0.674. The Balaban J connectivity index is 4.69. The van der Waals surface area contributed by atoms with E-state index in [0.717, 1.165) is 0 Å². The van der Waals surface area contributed by atoms with Crippen molar-refractivity contribution in [2.24, 2.45) is 5.73 Å². The van der Waals surface area contributed by atoms with Crippen molar-refractivity contribution in [2.45, 2.75) is 38.8 Å². The highest BCUT2D eigenvalue weighted by atomic mass is 16.4. The Kier molecular flexibility index (Phi) is 4.07. The van der Waals surface area contributed by atoms with Crippen molar-refractivity contribution < 1.29 is 14.7 Å². The van der Waals surface area contributed by atoms with E-state index in [1.165, 1.54) is 25.8 Å². The molecule has 0 aromatic heterocycles. The van der Waals surface area contributed by atoms with E-state index in [0.29, 0.717) is 6.42 Å². The monoisotopic (exact) mass is 202 g/mol. The van der Waals surface area contributed by atoms with Gasteiger partial charge in [0.1, 0.15) is 5.54 Å². The minimum atomic E-state index is -1.22. The second-order valence-electron chi connectivity index (χ2n) is 3.78. The maximum atomic E-state index is 11.6. The van der Waals surface area contributed by atoms with Crippen LogP contribution in [0.1, 0.15) is 27.2 Å². The molecule has 0 rings (SSSR count). The molecular formula is C9H18N2O3. The first-order chi connectivity index (χ1) is 6.25. The molecule has 0 aliphatic carbocycles. The van der Waals surface area contributed by atoms with Gasteiger partial charge >= 0.3 is 5.97 Å². The summed E-state index contributed by atoms with van der Waals surface area (Å²) in [4.78, 5) is 23.6. The average molecular weight is 202 g/mol. The molecule has 1 atom stereocenters. The van der Waals surface area contributed by atoms with Crippen molar-refractivity contribution in [1.82, 2.24) is 4.90 Å². The van der Waals surface area contributed by atoms with Crippen molar-refractivity contribution in [2.75, 3.05) is 7.05 Å². The molecule has 1 amide bonds. The molecule has 0 aliphatic heterocycles. The number of carboxylic acids is 1. The molecule has 0 aromatic rings. The Morgan fingerprint density at radius 1 is 1.50 bits per heavy atom. The van der Waals surface area contributed by atoms with Crippen LogP contribution in [-0.2, 0) is 9.59 Å². The van der Waals surface area contributed by atoms with Gasteiger partial charge in [0, 0.05) is 7.05 Å². The van der Waals surface area contributed by atoms with Gasteiger partial charge in [0.05, 0.1) is 6.04 Å². The third-order valence-electron chi connectivity index (χ3n) is 2.45. The van der Waals surface area contributed by atoms with Gasteiger partial charge in [0.25, 0.3) is 0 Å². The second-order valence-corrected chi connectivity index (χ2v) is 3.78. The molecule has 0 saturated heterocycles. The van der Waals surface area contributed by atoms with Crippen LogP contribution in [0.25, 0.3) is 0 Å². The van der Waals surface area contributed by atoms with Gasteiger partial charge in [-0.2, -0.15) is 0 Å². The molecule has 0 heterocycles. The number of hydrogen-bond donors (Lipinski definition) is 2. The summed E-state index contributed by atoms with van der Waals surface area (Å²) in [7, 11) is 1.45. The van der Waals surface area contributed by atoms with Gasteiger partial charge in [0.2, 0.25) is 5.91 Å². The summed E-state index contributed by atoms with van der Waals surface area (Å²) in [5.74, 6) is -1.39. The van der Waals surface area contributed by atoms with Crippen LogP contribution in [0.2, 0.25) is 0 Å². The fourth-order valence-electron chi connectivity index (χ4n) is 0.842. The molecule has 0 bridgehead atoms. The fourth-order valence-corrected chi connectivity index (χ4v) is 0.842. The smallest absolute Gasteiger partial charge is 0.329 e. The van der Waals surface area contributed by atoms with E-state index < -0.39 is 17.6 Å². The third-order valence-corrected chi connectivity index (χ3v) is 2.45. The van der Waals surface area contributed by atoms with Crippen LogP contribution in [0, 0.1) is 0 Å². The average Bonchev–Trinajstić information content (AvgIpc) is 2.13. The predicted octanol–water partition coefficient (Wildman–Crippen LogP) is 0.0453. The predicted molar refractivity (Wildman–Crippen MR) is 52.8 cm³/mol. The molecule has 0 unspecified atom stereocenters. The SMILES string of the molecule is CC[C@H](N)C(=O)N(C)C(C)(C)C(=O)O. The number of amides is 1. The van der Waals surface area contributed by atoms with E-state index in [2.05, 4.69) is 0 Å². The zero-order valence-corrected chi connectivity index (χ0v) is 9.07. The molecule has 5 heteroatoms. The van der Waals surface area contributed by atoms with Crippen molar-refractivity contribution in [3.8, 4) is 0 Å². The van der Waals surface area contributed by atoms with Gasteiger partial charge in [-0.15, -0.1) is 0 Å². The lowest BCUT2D eigenvalue weighted by molar-refractivity contribution is -0.155. The Bertz CT molecular complexity index is 238. The summed E-state index contributed by atoms with van der Waals surface area (Å²) in [6.07, 6.45) is 0.499. The standard InChI is InChI=1S/C9H18N2O3/c1-5-6(10)7(12)11(4)9(2,3)8(13)14/h6H,5,10H2,1-4H3,(H,13,14)/t6-/m0/s1. The summed E-state index contributed by atoms with van der Waals surface area (Å²) in [6, 6.07) is -0.626. The number of likely N-dealkylation sites (N-methyl/N-ethyl adjacent to an activating group) is 1. The maximum absolute atomic E-state index is 11.6. The first-order valence-corrected chi connectivity index (χ1v) is 4.51. The van der Waals surface area contributed by atoms with Gasteiger partial charge in [-0.25, -0.2) is 4.79 Å². The zero-order chi connectivity index (χ0) is 11.5. The lowest BCUT2D eigenvalue weighted by Crippen LogP contribution is -2.55. The van der Waals surface area contributed by atoms with Gasteiger partial charge in [-0.1, -0.05) is 6.92 Å². The maximum Gasteiger partial charge on any atom is 0.329 e. The van der Waals surface area contributed by atoms with E-state index >= 15 is 0 Å². The second kappa shape index (κ2) is 4.41. The zero-order valence-electron chi connectivity index (χ0n) is 9.07. The molecule has 0 fully saturated rings. The highest BCUT2D eigenvalue weighted by Crippen LogP contribution is 2.13. The van der Waals surface area contributed by atoms with Gasteiger partial charge < -0.3 is 15.7 Å². The summed E-state index contributed by atoms with van der Waals surface area (Å²) < 4.78 is 0. The van der Waals surface area contributed by atoms with E-state index in [9.17, 15) is 9.59 Å². The largest absolute Gasteiger partial charge is 0.480 e. The Morgan fingerprint density at radius 2 is 1.93 bits per heavy atom. The Morgan fingerprint density at radius 3 is 2.21 bits per heavy atom. The van der Waals surface area contributed by atoms with Crippen molar-refractivity contribution in [3.05, 3.63) is 0 Å². The topological polar surface area (TPSA) is 83.6 Å². The molecule has 5 nitrogen and oxygen atoms in total. The Labute approximate surface area is 83.9 Å². The molecule has 0 aliphatic rings. The molecule has 0 radical (unpaired) electrons. The fraction of sp³-hybridized carbons (Fsp3) is 0.778. The van der Waals surface area contributed by atoms with E-state index in [1.807, 2.05) is 0 Å². The van der Waals surface area contributed by atoms with Crippen molar-refractivity contribution in [1.29, 1.82) is 0 Å². The molecule has 0 spiro atoms. The first kappa shape index (κ1) is 12.9. The number of carbonyl (C=O) groups is 2. The highest BCUT2D eigenvalue weighted by molar-refractivity contribution is 5.88. The lowest BCUT2D eigenvalue weighted by atomic mass is 10.0. The molecule has 14 heavy (non-hydrogen) atoms. The van der Waals surface area contributed by atoms with Crippen LogP contribution >= 0.6 is 0 Å². The summed E-state index contributed by atoms with van der Waals surface area (Å²) in [6.45, 7) is 4.72. The number of carbonyl (C=O) groups excluding carboxylic acids is 1. The van der Waals surface area contributed by atoms with E-state index in [-0.39, 0.29) is 5.91 Å². The lowest BCUT2D eigenvalue weighted by Gasteiger charge is -2.33. The number of carboxylic acid groups (broad SMARTS) is 1. The minimum Gasteiger partial charge on any atom is -0.480 e. The van der Waals surface area contributed by atoms with Crippen LogP contribution in [0.4, 0.5) is 0 Å². The van der Waals surface area contributed by atoms with E-state index in [4.69, 9.17) is 10.8 Å². The molecule has 0 saturated carbocycles. The normalized spacial score (nSPS) is 13.5. The van der Waals surface area contributed by atoms with E-state index in [1.54, 1.807) is 6.92 Å². The van der Waals surface area contributed by atoms with Crippen LogP contribution in [0.5, 0.6) is 0 Å². The number of aliphatic carboxylic acids is 1. The number of nitrogens with zero attached hydrogens (tertiary/aromatic N) is 1. The van der Waals surface area contributed by atoms with Gasteiger partial charge in [0.15, 0.2) is 0 Å². The highest BCUT2D eigenvalue weighted by Gasteiger charge is 2.36. The van der Waals surface area contributed by atoms with Crippen molar-refractivity contribution >= 4 is 11.9 Å². The van der Waals surface area contributed by atoms with Crippen LogP contribution in [0.15, 0.2) is 0 Å². The molecular weight excluding hydrogens is 184 g/mol. The summed E-state index contributed by atoms with van der Waals surface area (Å²) >= 11 is 0. The van der Waals surface area contributed by atoms with Crippen LogP contribution < -0.4 is 5.73 Å². The summed E-state index contributed by atoms with van der Waals surface area (Å²) in [5, 5.41) is 8.88. The number of rotatable bonds is 4. The Hall–Kier alpha value is -1.10. The summed E-state index contributed by atoms with van der Waals surface area (Å²) in [5.41, 5.74) is 4.31. The molecule has 82 valence electrons. The van der Waals surface area contributed by atoms with Crippen molar-refractivity contribution in [3.63, 3.8) is 0 Å². The van der Waals surface area contributed by atoms with Crippen LogP contribution in [0.3, 0.4) is 0 Å². The van der Waals surface area contributed by atoms with Gasteiger partial charge in [-0.3, -0.25) is 4.79 Å².